The van der Waals surface area contributed by atoms with Gasteiger partial charge in [-0.1, -0.05) is 0 Å². The average Bonchev–Trinajstić information content (AvgIpc) is 1.61. The predicted molar refractivity (Wildman–Crippen MR) is 26.8 cm³/mol. The zero-order valence-electron chi connectivity index (χ0n) is 4.55. The Morgan fingerprint density at radius 1 is 1.29 bits per heavy atom. The molecule has 0 aromatic heterocycles. The predicted octanol–water partition coefficient (Wildman–Crippen LogP) is 2.29. The van der Waals surface area contributed by atoms with Crippen LogP contribution in [0.15, 0.2) is 0 Å². The molecule has 0 nitrogen and oxygen atoms in total. The molecule has 49 valence electrons. The van der Waals surface area contributed by atoms with Crippen LogP contribution in [-0.4, -0.2) is 0 Å². The second-order valence-electron chi connectivity index (χ2n) is 1.37. The van der Waals surface area contributed by atoms with Crippen molar-refractivity contribution in [3.05, 3.63) is 0 Å². The Balaban J connectivity index is 0. The molecule has 0 saturated heterocycles. The van der Waals surface area contributed by atoms with Crippen LogP contribution >= 0.6 is 0 Å². The average molecular weight is 198 g/mol. The first-order valence-electron chi connectivity index (χ1n) is 2.43. The number of hydrogen-bond donors (Lipinski definition) is 0. The van der Waals surface area contributed by atoms with E-state index in [-0.39, 0.29) is 4.70 Å². The van der Waals surface area contributed by atoms with Crippen LogP contribution in [0.4, 0.5) is 4.70 Å². The van der Waals surface area contributed by atoms with Crippen LogP contribution in [-0.2, 0) is 19.2 Å². The van der Waals surface area contributed by atoms with Gasteiger partial charge in [-0.25, -0.2) is 0 Å². The molecule has 0 N–H and O–H groups in total. The van der Waals surface area contributed by atoms with Gasteiger partial charge in [-0.05, 0) is 0 Å². The van der Waals surface area contributed by atoms with E-state index in [2.05, 4.69) is 26.1 Å². The van der Waals surface area contributed by atoms with Crippen molar-refractivity contribution in [2.24, 2.45) is 0 Å². The minimum absolute atomic E-state index is 0. The van der Waals surface area contributed by atoms with Crippen molar-refractivity contribution in [2.75, 3.05) is 0 Å². The SMILES string of the molecule is CCCC[CH2][Pd].F. The zero-order chi connectivity index (χ0) is 4.83. The standard InChI is InChI=1S/C5H11.FH.Pd/c1-3-5-4-2;;/h1,3-5H2,2H3;1H;. The smallest absolute Gasteiger partial charge is 0.269 e. The van der Waals surface area contributed by atoms with Gasteiger partial charge in [0.05, 0.1) is 0 Å². The van der Waals surface area contributed by atoms with Gasteiger partial charge in [0, 0.05) is 0 Å². The molecule has 0 aromatic rings. The summed E-state index contributed by atoms with van der Waals surface area (Å²) in [5.41, 5.74) is 0. The van der Waals surface area contributed by atoms with Crippen molar-refractivity contribution < 1.29 is 23.9 Å². The largest absolute Gasteiger partial charge is 0.269 e. The van der Waals surface area contributed by atoms with E-state index in [1.807, 2.05) is 0 Å². The molecule has 0 spiro atoms. The molecule has 0 heterocycles. The first-order chi connectivity index (χ1) is 2.91. The summed E-state index contributed by atoms with van der Waals surface area (Å²) in [6, 6.07) is 0. The number of hydrogen-bond acceptors (Lipinski definition) is 0. The number of halogens is 1. The van der Waals surface area contributed by atoms with Crippen LogP contribution in [0, 0.1) is 0 Å². The van der Waals surface area contributed by atoms with Crippen LogP contribution in [0.5, 0.6) is 0 Å². The van der Waals surface area contributed by atoms with Crippen LogP contribution < -0.4 is 0 Å². The molecule has 0 bridgehead atoms. The van der Waals surface area contributed by atoms with Crippen molar-refractivity contribution in [1.29, 1.82) is 0 Å². The molecule has 0 aliphatic heterocycles. The molecule has 0 aromatic carbocycles. The molecule has 0 rings (SSSR count). The van der Waals surface area contributed by atoms with Crippen molar-refractivity contribution in [3.63, 3.8) is 0 Å². The summed E-state index contributed by atoms with van der Waals surface area (Å²) in [7, 11) is 0. The Labute approximate surface area is 55.5 Å². The topological polar surface area (TPSA) is 0 Å². The Hall–Kier alpha value is 0.592. The van der Waals surface area contributed by atoms with E-state index < -0.39 is 0 Å². The Kier molecular flexibility index (Phi) is 14.7. The van der Waals surface area contributed by atoms with E-state index in [0.29, 0.717) is 0 Å². The van der Waals surface area contributed by atoms with E-state index in [0.717, 1.165) is 0 Å². The van der Waals surface area contributed by atoms with E-state index in [1.54, 1.807) is 0 Å². The van der Waals surface area contributed by atoms with E-state index in [1.165, 1.54) is 24.2 Å². The summed E-state index contributed by atoms with van der Waals surface area (Å²) in [6.45, 7) is 2.22. The molecule has 0 radical (unpaired) electrons. The van der Waals surface area contributed by atoms with E-state index >= 15 is 0 Å². The third-order valence-electron chi connectivity index (χ3n) is 0.715. The Bertz CT molecular complexity index is 20.0. The maximum Gasteiger partial charge on any atom is -0.269 e. The van der Waals surface area contributed by atoms with Crippen LogP contribution in [0.3, 0.4) is 0 Å². The first kappa shape index (κ1) is 10.6. The second-order valence-corrected chi connectivity index (χ2v) is 2.14. The van der Waals surface area contributed by atoms with Gasteiger partial charge in [0.25, 0.3) is 0 Å². The van der Waals surface area contributed by atoms with Crippen LogP contribution in [0.1, 0.15) is 26.2 Å². The quantitative estimate of drug-likeness (QED) is 0.481. The maximum absolute atomic E-state index is 3.13. The van der Waals surface area contributed by atoms with Crippen molar-refractivity contribution in [2.45, 2.75) is 31.1 Å². The third kappa shape index (κ3) is 10.8. The van der Waals surface area contributed by atoms with E-state index in [9.17, 15) is 0 Å². The molecule has 0 amide bonds. The van der Waals surface area contributed by atoms with Crippen molar-refractivity contribution in [3.8, 4) is 0 Å². The summed E-state index contributed by atoms with van der Waals surface area (Å²) in [4.78, 5) is 1.20. The van der Waals surface area contributed by atoms with Crippen LogP contribution in [0.2, 0.25) is 4.89 Å². The van der Waals surface area contributed by atoms with Gasteiger partial charge in [-0.3, -0.25) is 4.70 Å². The zero-order valence-corrected chi connectivity index (χ0v) is 6.11. The molecule has 7 heavy (non-hydrogen) atoms. The normalized spacial score (nSPS) is 7.86. The molecule has 0 saturated carbocycles. The molecular weight excluding hydrogens is 185 g/mol. The fraction of sp³-hybridized carbons (Fsp3) is 1.00. The first-order valence-corrected chi connectivity index (χ1v) is 3.53. The summed E-state index contributed by atoms with van der Waals surface area (Å²) in [5, 5.41) is 0. The fourth-order valence-corrected chi connectivity index (χ4v) is 0.718. The Morgan fingerprint density at radius 2 is 1.86 bits per heavy atom. The van der Waals surface area contributed by atoms with E-state index in [4.69, 9.17) is 0 Å². The number of rotatable bonds is 3. The second kappa shape index (κ2) is 9.78. The van der Waals surface area contributed by atoms with Crippen LogP contribution in [0.25, 0.3) is 0 Å². The van der Waals surface area contributed by atoms with Gasteiger partial charge in [-0.2, -0.15) is 0 Å². The van der Waals surface area contributed by atoms with Gasteiger partial charge in [0.15, 0.2) is 0 Å². The molecule has 0 fully saturated rings. The molecule has 0 unspecified atom stereocenters. The maximum atomic E-state index is 3.13. The summed E-state index contributed by atoms with van der Waals surface area (Å²) >= 11 is 3.13. The Morgan fingerprint density at radius 3 is 2.00 bits per heavy atom. The molecule has 0 atom stereocenters. The van der Waals surface area contributed by atoms with Crippen molar-refractivity contribution in [1.82, 2.24) is 0 Å². The summed E-state index contributed by atoms with van der Waals surface area (Å²) in [5.74, 6) is 0. The van der Waals surface area contributed by atoms with Gasteiger partial charge in [0.1, 0.15) is 0 Å². The van der Waals surface area contributed by atoms with Gasteiger partial charge < -0.3 is 0 Å². The molecule has 0 aliphatic carbocycles. The minimum Gasteiger partial charge on any atom is -0.269 e. The summed E-state index contributed by atoms with van der Waals surface area (Å²) < 4.78 is 0. The fourth-order valence-electron chi connectivity index (χ4n) is 0.329. The van der Waals surface area contributed by atoms with Crippen molar-refractivity contribution >= 4 is 0 Å². The van der Waals surface area contributed by atoms with Gasteiger partial charge in [0.2, 0.25) is 0 Å². The summed E-state index contributed by atoms with van der Waals surface area (Å²) in [6.07, 6.45) is 4.05. The third-order valence-corrected chi connectivity index (χ3v) is 1.26. The molecule has 0 aliphatic rings. The molecule has 2 heteroatoms. The number of unbranched alkanes of at least 4 members (excludes halogenated alkanes) is 2. The molecular formula is C5H12FPd. The van der Waals surface area contributed by atoms with Gasteiger partial charge >= 0.3 is 50.3 Å². The minimum atomic E-state index is 0. The monoisotopic (exact) mass is 197 g/mol. The van der Waals surface area contributed by atoms with Gasteiger partial charge in [-0.15, -0.1) is 0 Å².